The Balaban J connectivity index is 0.00000289. The Hall–Kier alpha value is -1.65. The fourth-order valence-corrected chi connectivity index (χ4v) is 5.07. The van der Waals surface area contributed by atoms with Crippen LogP contribution in [0.15, 0.2) is 41.4 Å². The third-order valence-electron chi connectivity index (χ3n) is 6.79. The summed E-state index contributed by atoms with van der Waals surface area (Å²) >= 11 is 0. The normalized spacial score (nSPS) is 24.5. The third kappa shape index (κ3) is 6.45. The van der Waals surface area contributed by atoms with Crippen molar-refractivity contribution in [1.82, 2.24) is 20.0 Å². The highest BCUT2D eigenvalue weighted by atomic mass is 127. The van der Waals surface area contributed by atoms with Crippen LogP contribution in [0.1, 0.15) is 30.4 Å². The number of benzene rings is 1. The van der Waals surface area contributed by atoms with Crippen molar-refractivity contribution in [3.63, 3.8) is 0 Å². The van der Waals surface area contributed by atoms with Crippen molar-refractivity contribution >= 4 is 35.8 Å². The standard InChI is InChI=1S/C24H36N6O.HI/c1-26-24(30-13-9-22(18-30)29-11-2-3-12-29)27-15-19-6-4-7-20(14-19)16-28-10-5-8-21(17-28)23(25)31;/h2-4,6-7,14,21-22H,5,8-13,15-18H2,1H3,(H2,25,31)(H,26,27);1H. The quantitative estimate of drug-likeness (QED) is 0.245. The zero-order valence-electron chi connectivity index (χ0n) is 19.1. The molecule has 1 aromatic rings. The molecular formula is C24H37IN6O. The largest absolute Gasteiger partial charge is 0.369 e. The van der Waals surface area contributed by atoms with Crippen LogP contribution in [-0.2, 0) is 17.9 Å². The summed E-state index contributed by atoms with van der Waals surface area (Å²) in [5.74, 6) is 0.808. The minimum absolute atomic E-state index is 0. The molecule has 2 unspecified atom stereocenters. The van der Waals surface area contributed by atoms with Crippen LogP contribution in [0.25, 0.3) is 0 Å². The summed E-state index contributed by atoms with van der Waals surface area (Å²) in [6.45, 7) is 7.67. The van der Waals surface area contributed by atoms with Crippen molar-refractivity contribution in [3.8, 4) is 0 Å². The summed E-state index contributed by atoms with van der Waals surface area (Å²) < 4.78 is 0. The van der Waals surface area contributed by atoms with Crippen molar-refractivity contribution in [2.24, 2.45) is 16.6 Å². The van der Waals surface area contributed by atoms with E-state index in [9.17, 15) is 4.79 Å². The average Bonchev–Trinajstić information content (AvgIpc) is 3.47. The number of primary amides is 1. The van der Waals surface area contributed by atoms with Gasteiger partial charge in [-0.1, -0.05) is 36.4 Å². The number of nitrogens with zero attached hydrogens (tertiary/aromatic N) is 4. The van der Waals surface area contributed by atoms with Gasteiger partial charge in [-0.05, 0) is 36.9 Å². The Morgan fingerprint density at radius 2 is 1.94 bits per heavy atom. The second kappa shape index (κ2) is 12.0. The zero-order chi connectivity index (χ0) is 21.6. The molecule has 3 aliphatic rings. The lowest BCUT2D eigenvalue weighted by Crippen LogP contribution is -2.42. The second-order valence-electron chi connectivity index (χ2n) is 9.01. The van der Waals surface area contributed by atoms with Gasteiger partial charge < -0.3 is 16.0 Å². The van der Waals surface area contributed by atoms with Crippen LogP contribution in [0.5, 0.6) is 0 Å². The molecule has 4 rings (SSSR count). The highest BCUT2D eigenvalue weighted by molar-refractivity contribution is 14.0. The Labute approximate surface area is 209 Å². The van der Waals surface area contributed by atoms with E-state index in [0.29, 0.717) is 6.04 Å². The van der Waals surface area contributed by atoms with Crippen LogP contribution in [0.3, 0.4) is 0 Å². The maximum absolute atomic E-state index is 11.6. The van der Waals surface area contributed by atoms with E-state index >= 15 is 0 Å². The monoisotopic (exact) mass is 552 g/mol. The maximum Gasteiger partial charge on any atom is 0.221 e. The molecule has 0 spiro atoms. The smallest absolute Gasteiger partial charge is 0.221 e. The summed E-state index contributed by atoms with van der Waals surface area (Å²) in [7, 11) is 1.87. The van der Waals surface area contributed by atoms with Gasteiger partial charge in [0.1, 0.15) is 0 Å². The van der Waals surface area contributed by atoms with Crippen molar-refractivity contribution in [1.29, 1.82) is 0 Å². The number of aliphatic imine (C=N–C) groups is 1. The molecule has 32 heavy (non-hydrogen) atoms. The molecular weight excluding hydrogens is 515 g/mol. The molecule has 0 aliphatic carbocycles. The van der Waals surface area contributed by atoms with Crippen LogP contribution < -0.4 is 11.1 Å². The fraction of sp³-hybridized carbons (Fsp3) is 0.583. The van der Waals surface area contributed by atoms with Gasteiger partial charge in [0.2, 0.25) is 5.91 Å². The Bertz CT molecular complexity index is 820. The van der Waals surface area contributed by atoms with E-state index in [0.717, 1.165) is 71.2 Å². The van der Waals surface area contributed by atoms with E-state index in [1.54, 1.807) is 0 Å². The molecule has 8 heteroatoms. The molecule has 2 atom stereocenters. The summed E-state index contributed by atoms with van der Waals surface area (Å²) in [5.41, 5.74) is 8.06. The molecule has 2 fully saturated rings. The maximum atomic E-state index is 11.6. The van der Waals surface area contributed by atoms with Gasteiger partial charge in [-0.3, -0.25) is 19.6 Å². The highest BCUT2D eigenvalue weighted by Gasteiger charge is 2.29. The minimum atomic E-state index is -0.167. The van der Waals surface area contributed by atoms with Crippen LogP contribution >= 0.6 is 24.0 Å². The number of guanidine groups is 1. The molecule has 3 aliphatic heterocycles. The predicted octanol–water partition coefficient (Wildman–Crippen LogP) is 2.02. The van der Waals surface area contributed by atoms with Crippen molar-refractivity contribution in [2.75, 3.05) is 46.3 Å². The Morgan fingerprint density at radius 3 is 2.69 bits per heavy atom. The lowest BCUT2D eigenvalue weighted by molar-refractivity contribution is -0.123. The van der Waals surface area contributed by atoms with Gasteiger partial charge >= 0.3 is 0 Å². The topological polar surface area (TPSA) is 77.2 Å². The minimum Gasteiger partial charge on any atom is -0.369 e. The number of likely N-dealkylation sites (tertiary alicyclic amines) is 2. The number of halogens is 1. The number of amides is 1. The lowest BCUT2D eigenvalue weighted by Gasteiger charge is -2.31. The van der Waals surface area contributed by atoms with Crippen molar-refractivity contribution in [2.45, 2.75) is 38.4 Å². The van der Waals surface area contributed by atoms with Crippen molar-refractivity contribution in [3.05, 3.63) is 47.5 Å². The van der Waals surface area contributed by atoms with Gasteiger partial charge in [0.05, 0.1) is 5.92 Å². The van der Waals surface area contributed by atoms with Gasteiger partial charge in [0.25, 0.3) is 0 Å². The lowest BCUT2D eigenvalue weighted by atomic mass is 9.97. The first-order chi connectivity index (χ1) is 15.1. The molecule has 3 N–H and O–H groups in total. The Morgan fingerprint density at radius 1 is 1.16 bits per heavy atom. The molecule has 1 amide bonds. The predicted molar refractivity (Wildman–Crippen MR) is 140 cm³/mol. The number of piperidine rings is 1. The first kappa shape index (κ1) is 25.0. The van der Waals surface area contributed by atoms with Gasteiger partial charge in [0, 0.05) is 58.9 Å². The molecule has 0 aromatic heterocycles. The van der Waals surface area contributed by atoms with E-state index in [2.05, 4.69) is 61.4 Å². The van der Waals surface area contributed by atoms with E-state index < -0.39 is 0 Å². The SMILES string of the molecule is CN=C(NCc1cccc(CN2CCCC(C(N)=O)C2)c1)N1CCC(N2CC=CC2)C1.I. The van der Waals surface area contributed by atoms with E-state index in [1.165, 1.54) is 17.5 Å². The average molecular weight is 553 g/mol. The van der Waals surface area contributed by atoms with Crippen LogP contribution in [-0.4, -0.2) is 78.9 Å². The van der Waals surface area contributed by atoms with Crippen molar-refractivity contribution < 1.29 is 4.79 Å². The number of carbonyl (C=O) groups is 1. The molecule has 0 saturated carbocycles. The molecule has 2 saturated heterocycles. The summed E-state index contributed by atoms with van der Waals surface area (Å²) in [5, 5.41) is 3.56. The first-order valence-corrected chi connectivity index (χ1v) is 11.6. The summed E-state index contributed by atoms with van der Waals surface area (Å²) in [4.78, 5) is 23.4. The summed E-state index contributed by atoms with van der Waals surface area (Å²) in [6.07, 6.45) is 7.68. The second-order valence-corrected chi connectivity index (χ2v) is 9.01. The summed E-state index contributed by atoms with van der Waals surface area (Å²) in [6, 6.07) is 9.33. The molecule has 176 valence electrons. The number of hydrogen-bond donors (Lipinski definition) is 2. The molecule has 7 nitrogen and oxygen atoms in total. The highest BCUT2D eigenvalue weighted by Crippen LogP contribution is 2.20. The van der Waals surface area contributed by atoms with Gasteiger partial charge in [-0.15, -0.1) is 24.0 Å². The van der Waals surface area contributed by atoms with E-state index in [-0.39, 0.29) is 35.8 Å². The third-order valence-corrected chi connectivity index (χ3v) is 6.79. The van der Waals surface area contributed by atoms with Gasteiger partial charge in [-0.2, -0.15) is 0 Å². The fourth-order valence-electron chi connectivity index (χ4n) is 5.07. The molecule has 3 heterocycles. The molecule has 0 radical (unpaired) electrons. The number of nitrogens with two attached hydrogens (primary N) is 1. The van der Waals surface area contributed by atoms with Gasteiger partial charge in [0.15, 0.2) is 5.96 Å². The van der Waals surface area contributed by atoms with E-state index in [1.807, 2.05) is 7.05 Å². The molecule has 1 aromatic carbocycles. The van der Waals surface area contributed by atoms with Crippen LogP contribution in [0.2, 0.25) is 0 Å². The first-order valence-electron chi connectivity index (χ1n) is 11.6. The number of rotatable bonds is 6. The number of carbonyl (C=O) groups excluding carboxylic acids is 1. The number of hydrogen-bond acceptors (Lipinski definition) is 4. The van der Waals surface area contributed by atoms with E-state index in [4.69, 9.17) is 5.73 Å². The van der Waals surface area contributed by atoms with Crippen LogP contribution in [0, 0.1) is 5.92 Å². The molecule has 0 bridgehead atoms. The van der Waals surface area contributed by atoms with Gasteiger partial charge in [-0.25, -0.2) is 0 Å². The Kier molecular flexibility index (Phi) is 9.36. The number of nitrogens with one attached hydrogen (secondary N) is 1. The zero-order valence-corrected chi connectivity index (χ0v) is 21.4. The van der Waals surface area contributed by atoms with Crippen LogP contribution in [0.4, 0.5) is 0 Å².